The van der Waals surface area contributed by atoms with Crippen LogP contribution in [-0.2, 0) is 11.2 Å². The molecule has 3 heteroatoms. The molecule has 16 heavy (non-hydrogen) atoms. The normalized spacial score (nSPS) is 15.0. The van der Waals surface area contributed by atoms with E-state index in [9.17, 15) is 4.79 Å². The number of hydrogen-bond acceptors (Lipinski definition) is 3. The molecule has 1 rings (SSSR count). The molecular weight excluding hydrogens is 218 g/mol. The van der Waals surface area contributed by atoms with Crippen LogP contribution in [0.5, 0.6) is 0 Å². The topological polar surface area (TPSA) is 20.3 Å². The Labute approximate surface area is 102 Å². The average molecular weight is 239 g/mol. The molecule has 0 aromatic carbocycles. The van der Waals surface area contributed by atoms with Crippen molar-refractivity contribution in [3.8, 4) is 0 Å². The largest absolute Gasteiger partial charge is 0.305 e. The van der Waals surface area contributed by atoms with Gasteiger partial charge >= 0.3 is 0 Å². The third-order valence-corrected chi connectivity index (χ3v) is 3.98. The lowest BCUT2D eigenvalue weighted by Gasteiger charge is -2.27. The van der Waals surface area contributed by atoms with Crippen molar-refractivity contribution in [1.29, 1.82) is 0 Å². The molecule has 0 amide bonds. The maximum Gasteiger partial charge on any atom is 0.127 e. The van der Waals surface area contributed by atoms with Crippen molar-refractivity contribution in [3.05, 3.63) is 22.4 Å². The van der Waals surface area contributed by atoms with E-state index in [4.69, 9.17) is 0 Å². The number of carbonyl (C=O) groups excluding carboxylic acids is 1. The summed E-state index contributed by atoms with van der Waals surface area (Å²) in [7, 11) is 2.09. The smallest absolute Gasteiger partial charge is 0.127 e. The standard InChI is InChI=1S/C13H21NOS/c1-4-13(2,11-15)10-14(3)8-7-12-6-5-9-16-12/h5-6,9,11H,4,7-8,10H2,1-3H3. The Balaban J connectivity index is 2.35. The van der Waals surface area contributed by atoms with Crippen LogP contribution in [0, 0.1) is 5.41 Å². The van der Waals surface area contributed by atoms with Crippen molar-refractivity contribution < 1.29 is 4.79 Å². The van der Waals surface area contributed by atoms with Crippen LogP contribution < -0.4 is 0 Å². The van der Waals surface area contributed by atoms with Gasteiger partial charge in [0, 0.05) is 23.4 Å². The first-order valence-electron chi connectivity index (χ1n) is 5.77. The molecule has 0 fully saturated rings. The number of hydrogen-bond donors (Lipinski definition) is 0. The van der Waals surface area contributed by atoms with Crippen LogP contribution in [0.2, 0.25) is 0 Å². The summed E-state index contributed by atoms with van der Waals surface area (Å²) in [5.74, 6) is 0. The molecule has 0 radical (unpaired) electrons. The van der Waals surface area contributed by atoms with E-state index < -0.39 is 0 Å². The summed E-state index contributed by atoms with van der Waals surface area (Å²) in [4.78, 5) is 14.7. The van der Waals surface area contributed by atoms with E-state index in [-0.39, 0.29) is 5.41 Å². The number of carbonyl (C=O) groups is 1. The summed E-state index contributed by atoms with van der Waals surface area (Å²) in [5.41, 5.74) is -0.190. The van der Waals surface area contributed by atoms with Crippen LogP contribution in [0.3, 0.4) is 0 Å². The Morgan fingerprint density at radius 1 is 1.56 bits per heavy atom. The third-order valence-electron chi connectivity index (χ3n) is 3.04. The van der Waals surface area contributed by atoms with Crippen molar-refractivity contribution in [2.75, 3.05) is 20.1 Å². The first-order chi connectivity index (χ1) is 7.59. The van der Waals surface area contributed by atoms with E-state index >= 15 is 0 Å². The van der Waals surface area contributed by atoms with E-state index in [0.717, 1.165) is 32.2 Å². The maximum atomic E-state index is 11.0. The fraction of sp³-hybridized carbons (Fsp3) is 0.615. The molecule has 1 unspecified atom stereocenters. The summed E-state index contributed by atoms with van der Waals surface area (Å²) in [6.07, 6.45) is 3.07. The van der Waals surface area contributed by atoms with Crippen LogP contribution in [0.25, 0.3) is 0 Å². The number of aldehydes is 1. The molecule has 0 aliphatic rings. The number of likely N-dealkylation sites (N-methyl/N-ethyl adjacent to an activating group) is 1. The zero-order valence-corrected chi connectivity index (χ0v) is 11.2. The molecule has 0 N–H and O–H groups in total. The van der Waals surface area contributed by atoms with Crippen molar-refractivity contribution in [1.82, 2.24) is 4.90 Å². The van der Waals surface area contributed by atoms with Gasteiger partial charge in [-0.15, -0.1) is 11.3 Å². The summed E-state index contributed by atoms with van der Waals surface area (Å²) in [5, 5.41) is 2.11. The van der Waals surface area contributed by atoms with Crippen LogP contribution in [0.4, 0.5) is 0 Å². The van der Waals surface area contributed by atoms with E-state index in [2.05, 4.69) is 36.4 Å². The minimum atomic E-state index is -0.190. The zero-order valence-electron chi connectivity index (χ0n) is 10.4. The van der Waals surface area contributed by atoms with Crippen molar-refractivity contribution >= 4 is 17.6 Å². The van der Waals surface area contributed by atoms with Gasteiger partial charge in [-0.05, 0) is 31.3 Å². The van der Waals surface area contributed by atoms with E-state index in [1.807, 2.05) is 6.92 Å². The Morgan fingerprint density at radius 2 is 2.31 bits per heavy atom. The quantitative estimate of drug-likeness (QED) is 0.682. The lowest BCUT2D eigenvalue weighted by atomic mass is 9.89. The van der Waals surface area contributed by atoms with Crippen LogP contribution in [0.1, 0.15) is 25.1 Å². The Bertz CT molecular complexity index is 310. The summed E-state index contributed by atoms with van der Waals surface area (Å²) in [6, 6.07) is 4.25. The van der Waals surface area contributed by atoms with Gasteiger partial charge in [0.15, 0.2) is 0 Å². The first kappa shape index (κ1) is 13.4. The van der Waals surface area contributed by atoms with Crippen molar-refractivity contribution in [2.45, 2.75) is 26.7 Å². The minimum Gasteiger partial charge on any atom is -0.305 e. The minimum absolute atomic E-state index is 0.190. The number of rotatable bonds is 7. The van der Waals surface area contributed by atoms with Crippen molar-refractivity contribution in [2.24, 2.45) is 5.41 Å². The fourth-order valence-corrected chi connectivity index (χ4v) is 2.38. The molecule has 0 saturated carbocycles. The molecule has 1 heterocycles. The van der Waals surface area contributed by atoms with Gasteiger partial charge < -0.3 is 9.69 Å². The fourth-order valence-electron chi connectivity index (χ4n) is 1.68. The van der Waals surface area contributed by atoms with Gasteiger partial charge in [0.2, 0.25) is 0 Å². The highest BCUT2D eigenvalue weighted by atomic mass is 32.1. The molecule has 0 spiro atoms. The number of thiophene rings is 1. The SMILES string of the molecule is CCC(C)(C=O)CN(C)CCc1cccs1. The molecule has 0 bridgehead atoms. The predicted octanol–water partition coefficient (Wildman–Crippen LogP) is 2.84. The zero-order chi connectivity index (χ0) is 12.0. The van der Waals surface area contributed by atoms with Crippen molar-refractivity contribution in [3.63, 3.8) is 0 Å². The molecule has 2 nitrogen and oxygen atoms in total. The molecule has 1 aromatic heterocycles. The second kappa shape index (κ2) is 6.16. The van der Waals surface area contributed by atoms with Gasteiger partial charge in [-0.1, -0.05) is 19.9 Å². The highest BCUT2D eigenvalue weighted by Crippen LogP contribution is 2.19. The molecule has 1 aromatic rings. The van der Waals surface area contributed by atoms with Gasteiger partial charge in [-0.25, -0.2) is 0 Å². The van der Waals surface area contributed by atoms with Gasteiger partial charge in [-0.2, -0.15) is 0 Å². The lowest BCUT2D eigenvalue weighted by Crippen LogP contribution is -2.35. The highest BCUT2D eigenvalue weighted by molar-refractivity contribution is 7.09. The highest BCUT2D eigenvalue weighted by Gasteiger charge is 2.22. The van der Waals surface area contributed by atoms with Crippen LogP contribution >= 0.6 is 11.3 Å². The molecule has 1 atom stereocenters. The second-order valence-corrected chi connectivity index (χ2v) is 5.72. The average Bonchev–Trinajstić information content (AvgIpc) is 2.79. The van der Waals surface area contributed by atoms with E-state index in [1.165, 1.54) is 4.88 Å². The lowest BCUT2D eigenvalue weighted by molar-refractivity contribution is -0.116. The Kier molecular flexibility index (Phi) is 5.16. The summed E-state index contributed by atoms with van der Waals surface area (Å²) >= 11 is 1.80. The maximum absolute atomic E-state index is 11.0. The van der Waals surface area contributed by atoms with Gasteiger partial charge in [0.05, 0.1) is 0 Å². The predicted molar refractivity (Wildman–Crippen MR) is 70.0 cm³/mol. The molecular formula is C13H21NOS. The number of nitrogens with zero attached hydrogens (tertiary/aromatic N) is 1. The van der Waals surface area contributed by atoms with E-state index in [1.54, 1.807) is 11.3 Å². The summed E-state index contributed by atoms with van der Waals surface area (Å²) < 4.78 is 0. The van der Waals surface area contributed by atoms with Gasteiger partial charge in [-0.3, -0.25) is 0 Å². The van der Waals surface area contributed by atoms with Gasteiger partial charge in [0.1, 0.15) is 6.29 Å². The Hall–Kier alpha value is -0.670. The van der Waals surface area contributed by atoms with Gasteiger partial charge in [0.25, 0.3) is 0 Å². The summed E-state index contributed by atoms with van der Waals surface area (Å²) in [6.45, 7) is 5.96. The monoisotopic (exact) mass is 239 g/mol. The molecule has 0 aliphatic heterocycles. The molecule has 90 valence electrons. The third kappa shape index (κ3) is 4.06. The first-order valence-corrected chi connectivity index (χ1v) is 6.65. The molecule has 0 saturated heterocycles. The second-order valence-electron chi connectivity index (χ2n) is 4.69. The Morgan fingerprint density at radius 3 is 2.81 bits per heavy atom. The molecule has 0 aliphatic carbocycles. The van der Waals surface area contributed by atoms with E-state index in [0.29, 0.717) is 0 Å². The van der Waals surface area contributed by atoms with Crippen LogP contribution in [-0.4, -0.2) is 31.3 Å². The van der Waals surface area contributed by atoms with Crippen LogP contribution in [0.15, 0.2) is 17.5 Å².